The van der Waals surface area contributed by atoms with Gasteiger partial charge in [-0.05, 0) is 30.8 Å². The van der Waals surface area contributed by atoms with Gasteiger partial charge in [0.15, 0.2) is 0 Å². The van der Waals surface area contributed by atoms with E-state index in [4.69, 9.17) is 0 Å². The molecule has 0 aromatic carbocycles. The minimum atomic E-state index is 0.240. The lowest BCUT2D eigenvalue weighted by atomic mass is 9.77. The first kappa shape index (κ1) is 9.63. The molecule has 0 aromatic heterocycles. The lowest BCUT2D eigenvalue weighted by Gasteiger charge is -2.29. The van der Waals surface area contributed by atoms with Crippen LogP contribution in [-0.2, 0) is 0 Å². The fourth-order valence-corrected chi connectivity index (χ4v) is 2.66. The van der Waals surface area contributed by atoms with Crippen LogP contribution in [0.3, 0.4) is 0 Å². The first-order chi connectivity index (χ1) is 6.75. The Hall–Kier alpha value is -0.920. The molecule has 0 spiro atoms. The van der Waals surface area contributed by atoms with Gasteiger partial charge in [-0.3, -0.25) is 0 Å². The zero-order valence-corrected chi connectivity index (χ0v) is 8.45. The Morgan fingerprint density at radius 1 is 1.07 bits per heavy atom. The van der Waals surface area contributed by atoms with Gasteiger partial charge in [0.2, 0.25) is 0 Å². The van der Waals surface area contributed by atoms with Crippen LogP contribution in [0.5, 0.6) is 0 Å². The highest BCUT2D eigenvalue weighted by Gasteiger charge is 2.25. The topological polar surface area (TPSA) is 40.5 Å². The summed E-state index contributed by atoms with van der Waals surface area (Å²) in [6.07, 6.45) is 10.6. The summed E-state index contributed by atoms with van der Waals surface area (Å²) in [5.41, 5.74) is 0. The van der Waals surface area contributed by atoms with Gasteiger partial charge >= 0.3 is 0 Å². The first-order valence-electron chi connectivity index (χ1n) is 5.56. The molecule has 2 heteroatoms. The third-order valence-electron chi connectivity index (χ3n) is 3.40. The van der Waals surface area contributed by atoms with Crippen molar-refractivity contribution >= 4 is 0 Å². The third kappa shape index (κ3) is 2.11. The Morgan fingerprint density at radius 2 is 1.79 bits per heavy atom. The molecule has 0 bridgehead atoms. The number of aliphatic hydroxyl groups is 2. The smallest absolute Gasteiger partial charge is 0.115 e. The summed E-state index contributed by atoms with van der Waals surface area (Å²) >= 11 is 0. The molecular weight excluding hydrogens is 176 g/mol. The summed E-state index contributed by atoms with van der Waals surface area (Å²) in [7, 11) is 0. The van der Waals surface area contributed by atoms with Crippen molar-refractivity contribution in [2.45, 2.75) is 38.5 Å². The van der Waals surface area contributed by atoms with E-state index in [2.05, 4.69) is 0 Å². The Bertz CT molecular complexity index is 259. The standard InChI is InChI=1S/C12H18O2/c13-11-6-10(7-12(14)8-11)9-4-2-1-3-5-9/h6,8-10,13-14H,1-5,7H2. The molecule has 0 aliphatic heterocycles. The van der Waals surface area contributed by atoms with E-state index in [0.717, 1.165) is 0 Å². The lowest BCUT2D eigenvalue weighted by Crippen LogP contribution is -2.19. The predicted octanol–water partition coefficient (Wildman–Crippen LogP) is 3.47. The molecule has 2 aliphatic rings. The zero-order valence-electron chi connectivity index (χ0n) is 8.45. The molecule has 14 heavy (non-hydrogen) atoms. The summed E-state index contributed by atoms with van der Waals surface area (Å²) in [6, 6.07) is 0. The van der Waals surface area contributed by atoms with Crippen molar-refractivity contribution in [1.29, 1.82) is 0 Å². The van der Waals surface area contributed by atoms with Crippen LogP contribution in [0.4, 0.5) is 0 Å². The van der Waals surface area contributed by atoms with Crippen molar-refractivity contribution in [3.63, 3.8) is 0 Å². The second-order valence-electron chi connectivity index (χ2n) is 4.49. The van der Waals surface area contributed by atoms with E-state index < -0.39 is 0 Å². The Kier molecular flexibility index (Phi) is 2.80. The molecule has 78 valence electrons. The summed E-state index contributed by atoms with van der Waals surface area (Å²) in [4.78, 5) is 0. The van der Waals surface area contributed by atoms with E-state index in [0.29, 0.717) is 24.0 Å². The fraction of sp³-hybridized carbons (Fsp3) is 0.667. The van der Waals surface area contributed by atoms with E-state index in [-0.39, 0.29) is 5.76 Å². The van der Waals surface area contributed by atoms with E-state index >= 15 is 0 Å². The molecule has 1 atom stereocenters. The molecular formula is C12H18O2. The molecule has 1 unspecified atom stereocenters. The maximum Gasteiger partial charge on any atom is 0.115 e. The fourth-order valence-electron chi connectivity index (χ4n) is 2.66. The van der Waals surface area contributed by atoms with Crippen LogP contribution < -0.4 is 0 Å². The largest absolute Gasteiger partial charge is 0.512 e. The molecule has 0 heterocycles. The quantitative estimate of drug-likeness (QED) is 0.671. The highest BCUT2D eigenvalue weighted by molar-refractivity contribution is 5.21. The molecule has 2 aliphatic carbocycles. The maximum absolute atomic E-state index is 9.44. The van der Waals surface area contributed by atoms with Crippen molar-refractivity contribution in [2.75, 3.05) is 0 Å². The van der Waals surface area contributed by atoms with Gasteiger partial charge in [-0.2, -0.15) is 0 Å². The van der Waals surface area contributed by atoms with Gasteiger partial charge in [-0.25, -0.2) is 0 Å². The average Bonchev–Trinajstić information content (AvgIpc) is 2.18. The second kappa shape index (κ2) is 4.07. The highest BCUT2D eigenvalue weighted by atomic mass is 16.3. The Labute approximate surface area is 85.0 Å². The van der Waals surface area contributed by atoms with Crippen LogP contribution in [0, 0.1) is 11.8 Å². The highest BCUT2D eigenvalue weighted by Crippen LogP contribution is 2.35. The van der Waals surface area contributed by atoms with E-state index in [1.807, 2.05) is 6.08 Å². The van der Waals surface area contributed by atoms with Crippen molar-refractivity contribution in [3.8, 4) is 0 Å². The minimum absolute atomic E-state index is 0.240. The maximum atomic E-state index is 9.44. The molecule has 2 rings (SSSR count). The van der Waals surface area contributed by atoms with Gasteiger partial charge in [0.1, 0.15) is 5.76 Å². The Balaban J connectivity index is 2.01. The van der Waals surface area contributed by atoms with Crippen LogP contribution in [0.2, 0.25) is 0 Å². The predicted molar refractivity (Wildman–Crippen MR) is 56.1 cm³/mol. The van der Waals surface area contributed by atoms with Crippen molar-refractivity contribution in [2.24, 2.45) is 11.8 Å². The van der Waals surface area contributed by atoms with Gasteiger partial charge < -0.3 is 10.2 Å². The first-order valence-corrected chi connectivity index (χ1v) is 5.56. The van der Waals surface area contributed by atoms with Crippen LogP contribution >= 0.6 is 0 Å². The van der Waals surface area contributed by atoms with Crippen LogP contribution in [0.25, 0.3) is 0 Å². The van der Waals surface area contributed by atoms with Crippen LogP contribution in [0.1, 0.15) is 38.5 Å². The van der Waals surface area contributed by atoms with Gasteiger partial charge in [0, 0.05) is 12.5 Å². The van der Waals surface area contributed by atoms with Gasteiger partial charge in [0.25, 0.3) is 0 Å². The summed E-state index contributed by atoms with van der Waals surface area (Å²) in [5, 5.41) is 18.8. The third-order valence-corrected chi connectivity index (χ3v) is 3.40. The lowest BCUT2D eigenvalue weighted by molar-refractivity contribution is 0.246. The minimum Gasteiger partial charge on any atom is -0.512 e. The molecule has 1 fully saturated rings. The average molecular weight is 194 g/mol. The SMILES string of the molecule is OC1=CC(C2CCCCC2)CC(O)=C1. The summed E-state index contributed by atoms with van der Waals surface area (Å²) in [6.45, 7) is 0. The van der Waals surface area contributed by atoms with Crippen molar-refractivity contribution < 1.29 is 10.2 Å². The molecule has 1 saturated carbocycles. The molecule has 0 amide bonds. The number of rotatable bonds is 1. The number of hydrogen-bond acceptors (Lipinski definition) is 2. The molecule has 0 aromatic rings. The summed E-state index contributed by atoms with van der Waals surface area (Å²) in [5.74, 6) is 1.60. The Morgan fingerprint density at radius 3 is 2.43 bits per heavy atom. The second-order valence-corrected chi connectivity index (χ2v) is 4.49. The van der Waals surface area contributed by atoms with Gasteiger partial charge in [0.05, 0.1) is 5.76 Å². The summed E-state index contributed by atoms with van der Waals surface area (Å²) < 4.78 is 0. The van der Waals surface area contributed by atoms with E-state index in [1.54, 1.807) is 0 Å². The number of allylic oxidation sites excluding steroid dienone is 3. The monoisotopic (exact) mass is 194 g/mol. The van der Waals surface area contributed by atoms with Gasteiger partial charge in [-0.1, -0.05) is 19.3 Å². The van der Waals surface area contributed by atoms with Crippen molar-refractivity contribution in [1.82, 2.24) is 0 Å². The van der Waals surface area contributed by atoms with Crippen molar-refractivity contribution in [3.05, 3.63) is 23.7 Å². The normalized spacial score (nSPS) is 29.6. The zero-order chi connectivity index (χ0) is 9.97. The van der Waals surface area contributed by atoms with Gasteiger partial charge in [-0.15, -0.1) is 0 Å². The molecule has 0 radical (unpaired) electrons. The van der Waals surface area contributed by atoms with E-state index in [1.165, 1.54) is 38.2 Å². The molecule has 2 N–H and O–H groups in total. The number of hydrogen-bond donors (Lipinski definition) is 2. The molecule has 2 nitrogen and oxygen atoms in total. The molecule has 0 saturated heterocycles. The number of aliphatic hydroxyl groups excluding tert-OH is 2. The van der Waals surface area contributed by atoms with E-state index in [9.17, 15) is 10.2 Å². The van der Waals surface area contributed by atoms with Crippen LogP contribution in [0.15, 0.2) is 23.7 Å². The van der Waals surface area contributed by atoms with Crippen LogP contribution in [-0.4, -0.2) is 10.2 Å².